The lowest BCUT2D eigenvalue weighted by atomic mass is 10.1. The third-order valence-electron chi connectivity index (χ3n) is 3.08. The van der Waals surface area contributed by atoms with E-state index in [9.17, 15) is 29.8 Å². The Labute approximate surface area is 153 Å². The summed E-state index contributed by atoms with van der Waals surface area (Å²) < 4.78 is 4.57. The minimum atomic E-state index is -0.936. The van der Waals surface area contributed by atoms with Crippen LogP contribution in [0.1, 0.15) is 25.7 Å². The number of aryl methyl sites for hydroxylation is 1. The molecule has 0 saturated carbocycles. The fourth-order valence-corrected chi connectivity index (χ4v) is 3.02. The van der Waals surface area contributed by atoms with Crippen molar-refractivity contribution >= 4 is 51.3 Å². The van der Waals surface area contributed by atoms with Crippen LogP contribution in [-0.2, 0) is 4.74 Å². The number of hydrogen-bond donors (Lipinski definition) is 1. The molecular formula is C13H9ClN4O7S. The minimum absolute atomic E-state index is 0.0214. The van der Waals surface area contributed by atoms with E-state index in [1.54, 1.807) is 0 Å². The maximum atomic E-state index is 12.3. The zero-order valence-electron chi connectivity index (χ0n) is 13.1. The number of carbonyl (C=O) groups is 2. The van der Waals surface area contributed by atoms with Crippen LogP contribution in [0.25, 0.3) is 0 Å². The zero-order valence-corrected chi connectivity index (χ0v) is 14.7. The molecule has 0 unspecified atom stereocenters. The molecule has 0 fully saturated rings. The Balaban J connectivity index is 2.40. The summed E-state index contributed by atoms with van der Waals surface area (Å²) in [6.45, 7) is 1.52. The molecular weight excluding hydrogens is 392 g/mol. The fourth-order valence-electron chi connectivity index (χ4n) is 1.89. The van der Waals surface area contributed by atoms with E-state index in [0.717, 1.165) is 23.5 Å². The lowest BCUT2D eigenvalue weighted by Crippen LogP contribution is -2.12. The van der Waals surface area contributed by atoms with Gasteiger partial charge in [-0.1, -0.05) is 22.9 Å². The maximum Gasteiger partial charge on any atom is 0.350 e. The van der Waals surface area contributed by atoms with Crippen LogP contribution in [0.3, 0.4) is 0 Å². The van der Waals surface area contributed by atoms with Crippen LogP contribution in [-0.4, -0.2) is 33.8 Å². The quantitative estimate of drug-likeness (QED) is 0.456. The SMILES string of the molecule is COC(=O)c1sc(NC(=O)c2cc([N+](=O)[O-])c(Cl)c([N+](=O)[O-])c2)nc1C. The monoisotopic (exact) mass is 400 g/mol. The Morgan fingerprint density at radius 3 is 2.23 bits per heavy atom. The number of esters is 1. The van der Waals surface area contributed by atoms with Gasteiger partial charge in [0.25, 0.3) is 17.3 Å². The molecule has 1 amide bonds. The van der Waals surface area contributed by atoms with Crippen molar-refractivity contribution in [2.45, 2.75) is 6.92 Å². The smallest absolute Gasteiger partial charge is 0.350 e. The molecule has 1 heterocycles. The molecule has 26 heavy (non-hydrogen) atoms. The van der Waals surface area contributed by atoms with Gasteiger partial charge >= 0.3 is 5.97 Å². The van der Waals surface area contributed by atoms with Crippen LogP contribution < -0.4 is 5.32 Å². The highest BCUT2D eigenvalue weighted by atomic mass is 35.5. The van der Waals surface area contributed by atoms with Gasteiger partial charge in [0.15, 0.2) is 10.2 Å². The third kappa shape index (κ3) is 3.75. The molecule has 1 N–H and O–H groups in total. The van der Waals surface area contributed by atoms with Gasteiger partial charge in [-0.15, -0.1) is 0 Å². The van der Waals surface area contributed by atoms with Crippen molar-refractivity contribution in [2.24, 2.45) is 0 Å². The van der Waals surface area contributed by atoms with Gasteiger partial charge in [-0.3, -0.25) is 30.3 Å². The van der Waals surface area contributed by atoms with Gasteiger partial charge < -0.3 is 4.74 Å². The van der Waals surface area contributed by atoms with Crippen molar-refractivity contribution in [3.05, 3.63) is 53.5 Å². The van der Waals surface area contributed by atoms with Crippen LogP contribution in [0.5, 0.6) is 0 Å². The van der Waals surface area contributed by atoms with E-state index in [1.165, 1.54) is 14.0 Å². The Hall–Kier alpha value is -3.12. The number of hydrogen-bond acceptors (Lipinski definition) is 9. The normalized spacial score (nSPS) is 10.3. The summed E-state index contributed by atoms with van der Waals surface area (Å²) in [6.07, 6.45) is 0. The number of methoxy groups -OCH3 is 1. The molecule has 0 atom stereocenters. The van der Waals surface area contributed by atoms with Crippen molar-refractivity contribution in [1.82, 2.24) is 4.98 Å². The second-order valence-electron chi connectivity index (χ2n) is 4.72. The highest BCUT2D eigenvalue weighted by molar-refractivity contribution is 7.17. The lowest BCUT2D eigenvalue weighted by Gasteiger charge is -2.04. The van der Waals surface area contributed by atoms with E-state index in [4.69, 9.17) is 11.6 Å². The van der Waals surface area contributed by atoms with E-state index in [2.05, 4.69) is 15.0 Å². The first-order chi connectivity index (χ1) is 12.1. The van der Waals surface area contributed by atoms with Crippen LogP contribution >= 0.6 is 22.9 Å². The number of rotatable bonds is 5. The number of ether oxygens (including phenoxy) is 1. The third-order valence-corrected chi connectivity index (χ3v) is 4.52. The molecule has 13 heteroatoms. The van der Waals surface area contributed by atoms with Gasteiger partial charge in [0.05, 0.1) is 28.2 Å². The molecule has 11 nitrogen and oxygen atoms in total. The van der Waals surface area contributed by atoms with Crippen LogP contribution in [0.15, 0.2) is 12.1 Å². The van der Waals surface area contributed by atoms with Gasteiger partial charge in [-0.25, -0.2) is 9.78 Å². The van der Waals surface area contributed by atoms with E-state index in [0.29, 0.717) is 5.69 Å². The first-order valence-corrected chi connectivity index (χ1v) is 7.84. The number of aromatic nitrogens is 1. The molecule has 0 aliphatic rings. The topological polar surface area (TPSA) is 155 Å². The van der Waals surface area contributed by atoms with Crippen molar-refractivity contribution in [3.8, 4) is 0 Å². The van der Waals surface area contributed by atoms with E-state index >= 15 is 0 Å². The number of thiazole rings is 1. The molecule has 0 bridgehead atoms. The summed E-state index contributed by atoms with van der Waals surface area (Å²) in [5.41, 5.74) is -1.61. The minimum Gasteiger partial charge on any atom is -0.465 e. The lowest BCUT2D eigenvalue weighted by molar-refractivity contribution is -0.393. The summed E-state index contributed by atoms with van der Waals surface area (Å²) in [5.74, 6) is -1.53. The number of halogens is 1. The largest absolute Gasteiger partial charge is 0.465 e. The second-order valence-corrected chi connectivity index (χ2v) is 6.10. The van der Waals surface area contributed by atoms with Gasteiger partial charge in [0.1, 0.15) is 4.88 Å². The van der Waals surface area contributed by atoms with E-state index in [-0.39, 0.29) is 15.6 Å². The number of nitro benzene ring substituents is 2. The molecule has 1 aromatic heterocycles. The Bertz CT molecular complexity index is 908. The number of benzene rings is 1. The zero-order chi connectivity index (χ0) is 19.6. The van der Waals surface area contributed by atoms with Crippen molar-refractivity contribution in [1.29, 1.82) is 0 Å². The van der Waals surface area contributed by atoms with Gasteiger partial charge in [0, 0.05) is 12.1 Å². The fraction of sp³-hybridized carbons (Fsp3) is 0.154. The molecule has 0 saturated heterocycles. The summed E-state index contributed by atoms with van der Waals surface area (Å²) in [5, 5.41) is 23.6. The number of carbonyl (C=O) groups excluding carboxylic acids is 2. The molecule has 136 valence electrons. The number of nitro groups is 2. The van der Waals surface area contributed by atoms with Gasteiger partial charge in [-0.2, -0.15) is 0 Å². The predicted molar refractivity (Wildman–Crippen MR) is 90.9 cm³/mol. The summed E-state index contributed by atoms with van der Waals surface area (Å²) >= 11 is 6.46. The Morgan fingerprint density at radius 2 is 1.77 bits per heavy atom. The van der Waals surface area contributed by atoms with Crippen molar-refractivity contribution in [3.63, 3.8) is 0 Å². The van der Waals surface area contributed by atoms with Crippen molar-refractivity contribution < 1.29 is 24.2 Å². The summed E-state index contributed by atoms with van der Waals surface area (Å²) in [4.78, 5) is 48.1. The Kier molecular flexibility index (Phi) is 5.47. The molecule has 1 aromatic carbocycles. The predicted octanol–water partition coefficient (Wildman–Crippen LogP) is 2.96. The Morgan fingerprint density at radius 1 is 1.23 bits per heavy atom. The first kappa shape index (κ1) is 19.2. The average Bonchev–Trinajstić information content (AvgIpc) is 2.93. The highest BCUT2D eigenvalue weighted by Gasteiger charge is 2.27. The first-order valence-electron chi connectivity index (χ1n) is 6.65. The second kappa shape index (κ2) is 7.41. The van der Waals surface area contributed by atoms with Crippen molar-refractivity contribution in [2.75, 3.05) is 12.4 Å². The summed E-state index contributed by atoms with van der Waals surface area (Å²) in [6, 6.07) is 1.62. The van der Waals surface area contributed by atoms with Crippen LogP contribution in [0.4, 0.5) is 16.5 Å². The van der Waals surface area contributed by atoms with Gasteiger partial charge in [-0.05, 0) is 6.92 Å². The number of nitrogens with one attached hydrogen (secondary N) is 1. The molecule has 2 rings (SSSR count). The molecule has 0 aliphatic heterocycles. The number of anilines is 1. The number of amides is 1. The van der Waals surface area contributed by atoms with Crippen LogP contribution in [0.2, 0.25) is 5.02 Å². The average molecular weight is 401 g/mol. The van der Waals surface area contributed by atoms with Crippen LogP contribution in [0, 0.1) is 27.2 Å². The highest BCUT2D eigenvalue weighted by Crippen LogP contribution is 2.35. The molecule has 0 aliphatic carbocycles. The van der Waals surface area contributed by atoms with E-state index in [1.807, 2.05) is 0 Å². The molecule has 0 radical (unpaired) electrons. The molecule has 0 spiro atoms. The molecule has 2 aromatic rings. The standard InChI is InChI=1S/C13H9ClN4O7S/c1-5-10(12(20)25-2)26-13(15-5)16-11(19)6-3-7(17(21)22)9(14)8(4-6)18(23)24/h3-4H,1-2H3,(H,15,16,19). The maximum absolute atomic E-state index is 12.3. The van der Waals surface area contributed by atoms with E-state index < -0.39 is 38.1 Å². The summed E-state index contributed by atoms with van der Waals surface area (Å²) in [7, 11) is 1.19. The van der Waals surface area contributed by atoms with Gasteiger partial charge in [0.2, 0.25) is 0 Å². The number of nitrogens with zero attached hydrogens (tertiary/aromatic N) is 3.